The monoisotopic (exact) mass is 518 g/mol. The van der Waals surface area contributed by atoms with Crippen LogP contribution in [0.5, 0.6) is 0 Å². The van der Waals surface area contributed by atoms with Gasteiger partial charge < -0.3 is 39.4 Å². The number of esters is 1. The highest BCUT2D eigenvalue weighted by Crippen LogP contribution is 2.42. The van der Waals surface area contributed by atoms with E-state index >= 15 is 0 Å². The van der Waals surface area contributed by atoms with Crippen molar-refractivity contribution in [1.29, 1.82) is 0 Å². The molecule has 3 heterocycles. The summed E-state index contributed by atoms with van der Waals surface area (Å²) in [5, 5.41) is 4.25. The van der Waals surface area contributed by atoms with Crippen molar-refractivity contribution in [2.24, 2.45) is 10.8 Å². The van der Waals surface area contributed by atoms with E-state index in [0.29, 0.717) is 78.0 Å². The third kappa shape index (κ3) is 6.43. The van der Waals surface area contributed by atoms with E-state index in [9.17, 15) is 9.59 Å². The molecule has 1 aromatic carbocycles. The van der Waals surface area contributed by atoms with Gasteiger partial charge in [-0.2, -0.15) is 5.10 Å². The summed E-state index contributed by atoms with van der Waals surface area (Å²) in [4.78, 5) is 31.8. The molecule has 1 atom stereocenters. The molecular formula is C25H38N6O6. The highest BCUT2D eigenvalue weighted by atomic mass is 16.5. The molecule has 3 aliphatic heterocycles. The maximum absolute atomic E-state index is 13.5. The zero-order valence-electron chi connectivity index (χ0n) is 21.7. The molecule has 2 amide bonds. The van der Waals surface area contributed by atoms with Crippen molar-refractivity contribution in [3.63, 3.8) is 0 Å². The van der Waals surface area contributed by atoms with Crippen molar-refractivity contribution < 1.29 is 28.5 Å². The van der Waals surface area contributed by atoms with E-state index in [1.165, 1.54) is 7.11 Å². The topological polar surface area (TPSA) is 131 Å². The molecule has 1 unspecified atom stereocenters. The van der Waals surface area contributed by atoms with Gasteiger partial charge >= 0.3 is 12.0 Å². The molecule has 37 heavy (non-hydrogen) atoms. The summed E-state index contributed by atoms with van der Waals surface area (Å²) in [6, 6.07) is 3.51. The van der Waals surface area contributed by atoms with Crippen molar-refractivity contribution in [1.82, 2.24) is 5.43 Å². The summed E-state index contributed by atoms with van der Waals surface area (Å²) in [6.45, 7) is 9.92. The first-order valence-electron chi connectivity index (χ1n) is 12.9. The van der Waals surface area contributed by atoms with Crippen molar-refractivity contribution in [2.75, 3.05) is 101 Å². The Morgan fingerprint density at radius 3 is 1.78 bits per heavy atom. The molecule has 1 aromatic rings. The van der Waals surface area contributed by atoms with E-state index in [1.54, 1.807) is 0 Å². The number of nitrogens with one attached hydrogen (secondary N) is 1. The van der Waals surface area contributed by atoms with Gasteiger partial charge in [0.15, 0.2) is 0 Å². The minimum Gasteiger partial charge on any atom is -0.468 e. The molecule has 0 radical (unpaired) electrons. The zero-order valence-corrected chi connectivity index (χ0v) is 21.7. The van der Waals surface area contributed by atoms with Crippen LogP contribution in [0.1, 0.15) is 24.8 Å². The fourth-order valence-electron chi connectivity index (χ4n) is 5.05. The second-order valence-corrected chi connectivity index (χ2v) is 9.08. The first-order valence-corrected chi connectivity index (χ1v) is 12.9. The maximum atomic E-state index is 13.5. The second-order valence-electron chi connectivity index (χ2n) is 9.08. The van der Waals surface area contributed by atoms with Crippen LogP contribution in [0.25, 0.3) is 0 Å². The fraction of sp³-hybridized carbons (Fsp3) is 0.640. The number of hydrazone groups is 1. The molecule has 4 rings (SSSR count). The lowest BCUT2D eigenvalue weighted by Crippen LogP contribution is -2.42. The molecule has 204 valence electrons. The van der Waals surface area contributed by atoms with E-state index < -0.39 is 17.9 Å². The zero-order chi connectivity index (χ0) is 26.2. The van der Waals surface area contributed by atoms with Crippen LogP contribution in [-0.4, -0.2) is 104 Å². The molecular weight excluding hydrogens is 480 g/mol. The average Bonchev–Trinajstić information content (AvgIpc) is 2.95. The van der Waals surface area contributed by atoms with Gasteiger partial charge in [-0.1, -0.05) is 6.92 Å². The normalized spacial score (nSPS) is 19.9. The lowest BCUT2D eigenvalue weighted by atomic mass is 9.88. The Hall–Kier alpha value is -3.09. The number of amides is 2. The van der Waals surface area contributed by atoms with Crippen LogP contribution in [0.2, 0.25) is 0 Å². The number of hydrogen-bond donors (Lipinski definition) is 2. The van der Waals surface area contributed by atoms with Gasteiger partial charge in [0.2, 0.25) is 0 Å². The molecule has 12 nitrogen and oxygen atoms in total. The average molecular weight is 519 g/mol. The minimum atomic E-state index is -0.837. The molecule has 0 aliphatic carbocycles. The van der Waals surface area contributed by atoms with E-state index in [4.69, 9.17) is 24.7 Å². The van der Waals surface area contributed by atoms with Crippen LogP contribution in [0.15, 0.2) is 17.2 Å². The van der Waals surface area contributed by atoms with Crippen LogP contribution in [0, 0.1) is 0 Å². The molecule has 3 N–H and O–H groups in total. The number of benzene rings is 1. The van der Waals surface area contributed by atoms with Gasteiger partial charge in [0.1, 0.15) is 5.92 Å². The predicted octanol–water partition coefficient (Wildman–Crippen LogP) is 0.887. The summed E-state index contributed by atoms with van der Waals surface area (Å²) in [7, 11) is 1.37. The summed E-state index contributed by atoms with van der Waals surface area (Å²) in [6.07, 6.45) is 0.413. The van der Waals surface area contributed by atoms with Crippen LogP contribution in [0.4, 0.5) is 21.9 Å². The number of nitrogens with zero attached hydrogens (tertiary/aromatic N) is 4. The number of nitrogens with two attached hydrogens (primary N) is 1. The highest BCUT2D eigenvalue weighted by molar-refractivity contribution is 6.10. The molecule has 3 fully saturated rings. The molecule has 3 aliphatic rings. The molecule has 3 saturated heterocycles. The van der Waals surface area contributed by atoms with Crippen LogP contribution in [0.3, 0.4) is 0 Å². The Balaban J connectivity index is 1.94. The predicted molar refractivity (Wildman–Crippen MR) is 141 cm³/mol. The SMILES string of the molecule is CC/C(=N\NC(N)=O)C(C(=O)OC)c1c(N2CCOCC2)cc(N2CCOCC2)cc1N1CCOCC1. The Bertz CT molecular complexity index is 931. The minimum absolute atomic E-state index is 0.413. The van der Waals surface area contributed by atoms with E-state index in [1.807, 2.05) is 6.92 Å². The quantitative estimate of drug-likeness (QED) is 0.293. The van der Waals surface area contributed by atoms with E-state index in [0.717, 1.165) is 35.7 Å². The number of carbonyl (C=O) groups is 2. The molecule has 0 spiro atoms. The second kappa shape index (κ2) is 12.9. The van der Waals surface area contributed by atoms with Gasteiger partial charge in [0.05, 0.1) is 52.5 Å². The van der Waals surface area contributed by atoms with E-state index in [2.05, 4.69) is 37.4 Å². The van der Waals surface area contributed by atoms with Crippen LogP contribution < -0.4 is 25.9 Å². The molecule has 0 saturated carbocycles. The standard InChI is InChI=1S/C25H38N6O6/c1-3-19(27-28-25(26)33)22(24(32)34-2)23-20(30-6-12-36-13-7-30)16-18(29-4-10-35-11-5-29)17-21(23)31-8-14-37-15-9-31/h16-17,22H,3-15H2,1-2H3,(H3,26,28,33)/b27-19+. The van der Waals surface area contributed by atoms with Crippen molar-refractivity contribution in [3.05, 3.63) is 17.7 Å². The summed E-state index contributed by atoms with van der Waals surface area (Å²) in [5.41, 5.74) is 11.8. The highest BCUT2D eigenvalue weighted by Gasteiger charge is 2.36. The number of ether oxygens (including phenoxy) is 4. The number of methoxy groups -OCH3 is 1. The van der Waals surface area contributed by atoms with Gasteiger partial charge in [0.25, 0.3) is 0 Å². The maximum Gasteiger partial charge on any atom is 0.332 e. The first-order chi connectivity index (χ1) is 18.0. The summed E-state index contributed by atoms with van der Waals surface area (Å²) < 4.78 is 22.2. The summed E-state index contributed by atoms with van der Waals surface area (Å²) in [5.74, 6) is -1.29. The smallest absolute Gasteiger partial charge is 0.332 e. The van der Waals surface area contributed by atoms with Crippen LogP contribution >= 0.6 is 0 Å². The number of urea groups is 1. The Morgan fingerprint density at radius 1 is 0.919 bits per heavy atom. The number of carbonyl (C=O) groups excluding carboxylic acids is 2. The first kappa shape index (κ1) is 27.0. The van der Waals surface area contributed by atoms with Crippen molar-refractivity contribution in [2.45, 2.75) is 19.3 Å². The number of anilines is 3. The van der Waals surface area contributed by atoms with Gasteiger partial charge in [-0.15, -0.1) is 0 Å². The van der Waals surface area contributed by atoms with Gasteiger partial charge in [-0.3, -0.25) is 4.79 Å². The van der Waals surface area contributed by atoms with Gasteiger partial charge in [-0.05, 0) is 18.6 Å². The van der Waals surface area contributed by atoms with Crippen LogP contribution in [-0.2, 0) is 23.7 Å². The lowest BCUT2D eigenvalue weighted by molar-refractivity contribution is -0.140. The van der Waals surface area contributed by atoms with Gasteiger partial charge in [0, 0.05) is 61.9 Å². The number of hydrogen-bond acceptors (Lipinski definition) is 10. The van der Waals surface area contributed by atoms with E-state index in [-0.39, 0.29) is 0 Å². The largest absolute Gasteiger partial charge is 0.468 e. The fourth-order valence-corrected chi connectivity index (χ4v) is 5.05. The Morgan fingerprint density at radius 2 is 1.38 bits per heavy atom. The Labute approximate surface area is 217 Å². The number of primary amides is 1. The summed E-state index contributed by atoms with van der Waals surface area (Å²) >= 11 is 0. The number of rotatable bonds is 8. The third-order valence-corrected chi connectivity index (χ3v) is 6.93. The molecule has 0 bridgehead atoms. The van der Waals surface area contributed by atoms with Crippen molar-refractivity contribution in [3.8, 4) is 0 Å². The molecule has 0 aromatic heterocycles. The lowest BCUT2D eigenvalue weighted by Gasteiger charge is -2.39. The molecule has 12 heteroatoms. The van der Waals surface area contributed by atoms with Gasteiger partial charge in [-0.25, -0.2) is 10.2 Å². The third-order valence-electron chi connectivity index (χ3n) is 6.93. The van der Waals surface area contributed by atoms with Crippen molar-refractivity contribution >= 4 is 34.8 Å². The Kier molecular flexibility index (Phi) is 9.42. The number of morpholine rings is 3.